The summed E-state index contributed by atoms with van der Waals surface area (Å²) in [5.74, 6) is -0.293. The maximum Gasteiger partial charge on any atom is 0.302 e. The van der Waals surface area contributed by atoms with E-state index in [2.05, 4.69) is 4.74 Å². The molecule has 0 aliphatic carbocycles. The second-order valence-electron chi connectivity index (χ2n) is 1.42. The highest BCUT2D eigenvalue weighted by atomic mass is 16.5. The van der Waals surface area contributed by atoms with Crippen LogP contribution in [0.1, 0.15) is 13.3 Å². The Hall–Kier alpha value is -0.610. The lowest BCUT2D eigenvalue weighted by Gasteiger charge is -1.96. The van der Waals surface area contributed by atoms with E-state index < -0.39 is 0 Å². The van der Waals surface area contributed by atoms with Crippen LogP contribution in [0.2, 0.25) is 0 Å². The molecule has 0 aromatic carbocycles. The first-order valence-electron chi connectivity index (χ1n) is 2.51. The molecule has 0 aliphatic heterocycles. The van der Waals surface area contributed by atoms with Crippen molar-refractivity contribution in [3.8, 4) is 0 Å². The first-order valence-corrected chi connectivity index (χ1v) is 2.51. The van der Waals surface area contributed by atoms with Crippen molar-refractivity contribution in [1.29, 1.82) is 0 Å². The average Bonchev–Trinajstić information content (AvgIpc) is 1.66. The molecule has 0 aromatic rings. The van der Waals surface area contributed by atoms with Crippen molar-refractivity contribution in [2.24, 2.45) is 0 Å². The van der Waals surface area contributed by atoms with Gasteiger partial charge in [-0.05, 0) is 0 Å². The minimum Gasteiger partial charge on any atom is -0.466 e. The van der Waals surface area contributed by atoms with E-state index in [0.717, 1.165) is 0 Å². The van der Waals surface area contributed by atoms with Gasteiger partial charge in [-0.15, -0.1) is 0 Å². The molecule has 0 rings (SSSR count). The SMILES string of the molecule is CC(=O)OCCCO.O. The van der Waals surface area contributed by atoms with Crippen LogP contribution in [0.5, 0.6) is 0 Å². The lowest BCUT2D eigenvalue weighted by molar-refractivity contribution is -0.141. The number of aliphatic hydroxyl groups excluding tert-OH is 1. The van der Waals surface area contributed by atoms with Crippen LogP contribution in [0.25, 0.3) is 0 Å². The molecule has 0 amide bonds. The molecule has 56 valence electrons. The highest BCUT2D eigenvalue weighted by molar-refractivity contribution is 5.65. The maximum absolute atomic E-state index is 10.0. The molecule has 3 N–H and O–H groups in total. The number of aliphatic hydroxyl groups is 1. The molecular weight excluding hydrogens is 124 g/mol. The van der Waals surface area contributed by atoms with Crippen molar-refractivity contribution < 1.29 is 20.1 Å². The van der Waals surface area contributed by atoms with Crippen molar-refractivity contribution in [2.45, 2.75) is 13.3 Å². The van der Waals surface area contributed by atoms with Crippen molar-refractivity contribution in [1.82, 2.24) is 0 Å². The zero-order valence-electron chi connectivity index (χ0n) is 5.39. The lowest BCUT2D eigenvalue weighted by atomic mass is 10.5. The fourth-order valence-corrected chi connectivity index (χ4v) is 0.280. The standard InChI is InChI=1S/C5H10O3.H2O/c1-5(7)8-4-2-3-6;/h6H,2-4H2,1H3;1H2. The predicted molar refractivity (Wildman–Crippen MR) is 31.9 cm³/mol. The maximum atomic E-state index is 10.0. The average molecular weight is 136 g/mol. The third kappa shape index (κ3) is 11.1. The molecule has 0 aliphatic rings. The van der Waals surface area contributed by atoms with Gasteiger partial charge in [-0.3, -0.25) is 4.79 Å². The van der Waals surface area contributed by atoms with Gasteiger partial charge >= 0.3 is 5.97 Å². The molecule has 0 bridgehead atoms. The van der Waals surface area contributed by atoms with Crippen molar-refractivity contribution in [3.63, 3.8) is 0 Å². The van der Waals surface area contributed by atoms with Crippen molar-refractivity contribution in [3.05, 3.63) is 0 Å². The normalized spacial score (nSPS) is 7.78. The number of carbonyl (C=O) groups excluding carboxylic acids is 1. The van der Waals surface area contributed by atoms with E-state index >= 15 is 0 Å². The molecule has 4 nitrogen and oxygen atoms in total. The zero-order valence-corrected chi connectivity index (χ0v) is 5.39. The Morgan fingerprint density at radius 1 is 1.67 bits per heavy atom. The summed E-state index contributed by atoms with van der Waals surface area (Å²) < 4.78 is 4.48. The summed E-state index contributed by atoms with van der Waals surface area (Å²) in [5, 5.41) is 8.19. The number of rotatable bonds is 3. The second kappa shape index (κ2) is 7.39. The Labute approximate surface area is 53.7 Å². The third-order valence-corrected chi connectivity index (χ3v) is 0.608. The van der Waals surface area contributed by atoms with Crippen LogP contribution in [0, 0.1) is 0 Å². The summed E-state index contributed by atoms with van der Waals surface area (Å²) >= 11 is 0. The van der Waals surface area contributed by atoms with E-state index in [9.17, 15) is 4.79 Å². The summed E-state index contributed by atoms with van der Waals surface area (Å²) in [6.45, 7) is 1.75. The van der Waals surface area contributed by atoms with E-state index in [4.69, 9.17) is 5.11 Å². The highest BCUT2D eigenvalue weighted by Crippen LogP contribution is 1.79. The Balaban J connectivity index is 0. The van der Waals surface area contributed by atoms with E-state index in [1.807, 2.05) is 0 Å². The number of carbonyl (C=O) groups is 1. The van der Waals surface area contributed by atoms with E-state index in [1.54, 1.807) is 0 Å². The lowest BCUT2D eigenvalue weighted by Crippen LogP contribution is -2.01. The number of hydrogen-bond acceptors (Lipinski definition) is 3. The Morgan fingerprint density at radius 2 is 2.22 bits per heavy atom. The Bertz CT molecular complexity index is 71.4. The van der Waals surface area contributed by atoms with Gasteiger partial charge in [0.05, 0.1) is 6.61 Å². The summed E-state index contributed by atoms with van der Waals surface area (Å²) in [5.41, 5.74) is 0. The predicted octanol–water partition coefficient (Wildman–Crippen LogP) is -0.893. The molecule has 4 heteroatoms. The van der Waals surface area contributed by atoms with E-state index in [1.165, 1.54) is 6.92 Å². The van der Waals surface area contributed by atoms with Crippen LogP contribution < -0.4 is 0 Å². The topological polar surface area (TPSA) is 78.0 Å². The first kappa shape index (κ1) is 11.2. The van der Waals surface area contributed by atoms with Crippen LogP contribution in [0.3, 0.4) is 0 Å². The number of esters is 1. The summed E-state index contributed by atoms with van der Waals surface area (Å²) in [6.07, 6.45) is 0.527. The summed E-state index contributed by atoms with van der Waals surface area (Å²) in [7, 11) is 0. The van der Waals surface area contributed by atoms with Crippen LogP contribution in [0.15, 0.2) is 0 Å². The fourth-order valence-electron chi connectivity index (χ4n) is 0.280. The molecule has 0 heterocycles. The minimum atomic E-state index is -0.293. The number of hydrogen-bond donors (Lipinski definition) is 1. The van der Waals surface area contributed by atoms with Crippen molar-refractivity contribution in [2.75, 3.05) is 13.2 Å². The van der Waals surface area contributed by atoms with Gasteiger partial charge in [0.1, 0.15) is 0 Å². The van der Waals surface area contributed by atoms with Gasteiger partial charge in [-0.25, -0.2) is 0 Å². The molecule has 0 atom stereocenters. The smallest absolute Gasteiger partial charge is 0.302 e. The van der Waals surface area contributed by atoms with Gasteiger partial charge in [0, 0.05) is 20.0 Å². The van der Waals surface area contributed by atoms with Crippen LogP contribution in [-0.4, -0.2) is 29.8 Å². The molecular formula is C5H12O4. The second-order valence-corrected chi connectivity index (χ2v) is 1.42. The molecule has 0 fully saturated rings. The van der Waals surface area contributed by atoms with Crippen LogP contribution in [0.4, 0.5) is 0 Å². The largest absolute Gasteiger partial charge is 0.466 e. The Kier molecular flexibility index (Phi) is 9.21. The third-order valence-electron chi connectivity index (χ3n) is 0.608. The van der Waals surface area contributed by atoms with Crippen molar-refractivity contribution >= 4 is 5.97 Å². The molecule has 0 unspecified atom stereocenters. The quantitative estimate of drug-likeness (QED) is 0.403. The van der Waals surface area contributed by atoms with Gasteiger partial charge in [0.2, 0.25) is 0 Å². The van der Waals surface area contributed by atoms with Gasteiger partial charge in [-0.1, -0.05) is 0 Å². The molecule has 0 spiro atoms. The van der Waals surface area contributed by atoms with Crippen LogP contribution in [-0.2, 0) is 9.53 Å². The van der Waals surface area contributed by atoms with E-state index in [0.29, 0.717) is 13.0 Å². The van der Waals surface area contributed by atoms with Gasteiger partial charge < -0.3 is 15.3 Å². The molecule has 0 saturated heterocycles. The summed E-state index contributed by atoms with van der Waals surface area (Å²) in [4.78, 5) is 10.0. The monoisotopic (exact) mass is 136 g/mol. The Morgan fingerprint density at radius 3 is 2.56 bits per heavy atom. The molecule has 0 radical (unpaired) electrons. The minimum absolute atomic E-state index is 0. The zero-order chi connectivity index (χ0) is 6.41. The fraction of sp³-hybridized carbons (Fsp3) is 0.800. The highest BCUT2D eigenvalue weighted by Gasteiger charge is 1.88. The molecule has 0 aromatic heterocycles. The molecule has 0 saturated carbocycles. The summed E-state index contributed by atoms with van der Waals surface area (Å²) in [6, 6.07) is 0. The first-order chi connectivity index (χ1) is 3.77. The van der Waals surface area contributed by atoms with Crippen LogP contribution >= 0.6 is 0 Å². The van der Waals surface area contributed by atoms with Gasteiger partial charge in [0.25, 0.3) is 0 Å². The van der Waals surface area contributed by atoms with Gasteiger partial charge in [0.15, 0.2) is 0 Å². The number of ether oxygens (including phenoxy) is 1. The van der Waals surface area contributed by atoms with Gasteiger partial charge in [-0.2, -0.15) is 0 Å². The molecule has 9 heavy (non-hydrogen) atoms. The van der Waals surface area contributed by atoms with E-state index in [-0.39, 0.29) is 18.1 Å².